The molecule has 1 N–H and O–H groups in total. The number of anilines is 1. The molecule has 1 aromatic carbocycles. The highest BCUT2D eigenvalue weighted by molar-refractivity contribution is 7.12. The Morgan fingerprint density at radius 2 is 2.00 bits per heavy atom. The lowest BCUT2D eigenvalue weighted by atomic mass is 10.1. The minimum Gasteiger partial charge on any atom is -0.454 e. The van der Waals surface area contributed by atoms with Crippen LogP contribution in [0.4, 0.5) is 5.82 Å². The first-order valence-electron chi connectivity index (χ1n) is 9.31. The van der Waals surface area contributed by atoms with Gasteiger partial charge in [-0.1, -0.05) is 6.07 Å². The van der Waals surface area contributed by atoms with Gasteiger partial charge in [0.25, 0.3) is 5.91 Å². The quantitative estimate of drug-likeness (QED) is 0.736. The number of hydrogen-bond donors (Lipinski definition) is 1. The van der Waals surface area contributed by atoms with Gasteiger partial charge in [0.2, 0.25) is 6.79 Å². The first-order valence-corrected chi connectivity index (χ1v) is 10.2. The van der Waals surface area contributed by atoms with Gasteiger partial charge >= 0.3 is 0 Å². The second-order valence-electron chi connectivity index (χ2n) is 6.82. The molecule has 0 spiro atoms. The maximum atomic E-state index is 12.6. The van der Waals surface area contributed by atoms with Crippen LogP contribution in [0.15, 0.2) is 41.8 Å². The van der Waals surface area contributed by atoms with E-state index in [2.05, 4.69) is 15.1 Å². The molecule has 0 bridgehead atoms. The highest BCUT2D eigenvalue weighted by Crippen LogP contribution is 2.36. The van der Waals surface area contributed by atoms with Crippen LogP contribution in [0.3, 0.4) is 0 Å². The number of aromatic nitrogens is 2. The summed E-state index contributed by atoms with van der Waals surface area (Å²) < 4.78 is 10.8. The van der Waals surface area contributed by atoms with Crippen LogP contribution in [-0.4, -0.2) is 54.0 Å². The summed E-state index contributed by atoms with van der Waals surface area (Å²) >= 11 is 1.50. The maximum Gasteiger partial charge on any atom is 0.263 e. The number of thiophene rings is 1. The van der Waals surface area contributed by atoms with Crippen LogP contribution in [-0.2, 0) is 0 Å². The second kappa shape index (κ2) is 7.20. The largest absolute Gasteiger partial charge is 0.454 e. The number of rotatable bonds is 3. The Hall–Kier alpha value is -3.00. The zero-order valence-electron chi connectivity index (χ0n) is 15.3. The van der Waals surface area contributed by atoms with Gasteiger partial charge in [-0.25, -0.2) is 0 Å². The summed E-state index contributed by atoms with van der Waals surface area (Å²) in [6.45, 7) is 3.37. The van der Waals surface area contributed by atoms with E-state index in [0.717, 1.165) is 59.5 Å². The van der Waals surface area contributed by atoms with Gasteiger partial charge in [0.15, 0.2) is 17.3 Å². The van der Waals surface area contributed by atoms with E-state index in [0.29, 0.717) is 6.54 Å². The van der Waals surface area contributed by atoms with Crippen molar-refractivity contribution in [1.29, 1.82) is 0 Å². The summed E-state index contributed by atoms with van der Waals surface area (Å²) in [5.41, 5.74) is 1.94. The van der Waals surface area contributed by atoms with Gasteiger partial charge in [0.05, 0.1) is 10.6 Å². The molecule has 8 heteroatoms. The highest BCUT2D eigenvalue weighted by atomic mass is 32.1. The third-order valence-electron chi connectivity index (χ3n) is 5.09. The normalized spacial score (nSPS) is 16.3. The summed E-state index contributed by atoms with van der Waals surface area (Å²) in [6, 6.07) is 11.7. The van der Waals surface area contributed by atoms with Gasteiger partial charge in [-0.05, 0) is 36.1 Å². The van der Waals surface area contributed by atoms with Crippen molar-refractivity contribution in [2.45, 2.75) is 6.42 Å². The number of nitrogens with zero attached hydrogens (tertiary/aromatic N) is 3. The van der Waals surface area contributed by atoms with Crippen molar-refractivity contribution >= 4 is 23.1 Å². The van der Waals surface area contributed by atoms with Crippen LogP contribution in [0.2, 0.25) is 0 Å². The molecule has 0 unspecified atom stereocenters. The predicted octanol–water partition coefficient (Wildman–Crippen LogP) is 3.22. The first kappa shape index (κ1) is 17.1. The van der Waals surface area contributed by atoms with Crippen molar-refractivity contribution < 1.29 is 14.3 Å². The summed E-state index contributed by atoms with van der Waals surface area (Å²) in [4.78, 5) is 17.6. The van der Waals surface area contributed by atoms with E-state index in [1.54, 1.807) is 0 Å². The number of amides is 1. The molecule has 1 fully saturated rings. The molecule has 1 saturated heterocycles. The molecule has 144 valence electrons. The van der Waals surface area contributed by atoms with Crippen LogP contribution < -0.4 is 14.4 Å². The fourth-order valence-corrected chi connectivity index (χ4v) is 4.28. The topological polar surface area (TPSA) is 70.7 Å². The molecule has 2 aromatic heterocycles. The van der Waals surface area contributed by atoms with Crippen molar-refractivity contribution in [2.24, 2.45) is 0 Å². The molecule has 0 radical (unpaired) electrons. The minimum atomic E-state index is 0.125. The number of benzene rings is 1. The average molecular weight is 396 g/mol. The number of H-pyrrole nitrogens is 1. The Bertz CT molecular complexity index is 985. The van der Waals surface area contributed by atoms with Crippen molar-refractivity contribution in [3.63, 3.8) is 0 Å². The minimum absolute atomic E-state index is 0.125. The molecule has 2 aliphatic rings. The van der Waals surface area contributed by atoms with Crippen LogP contribution >= 0.6 is 11.3 Å². The number of carbonyl (C=O) groups is 1. The molecule has 0 saturated carbocycles. The van der Waals surface area contributed by atoms with E-state index >= 15 is 0 Å². The van der Waals surface area contributed by atoms with E-state index in [-0.39, 0.29) is 12.7 Å². The molecular weight excluding hydrogens is 376 g/mol. The second-order valence-corrected chi connectivity index (χ2v) is 7.77. The van der Waals surface area contributed by atoms with E-state index in [9.17, 15) is 4.79 Å². The number of hydrogen-bond acceptors (Lipinski definition) is 6. The molecule has 0 atom stereocenters. The number of fused-ring (bicyclic) bond motifs is 1. The van der Waals surface area contributed by atoms with Crippen molar-refractivity contribution in [1.82, 2.24) is 15.1 Å². The average Bonchev–Trinajstić information content (AvgIpc) is 3.46. The molecule has 0 aliphatic carbocycles. The fraction of sp³-hybridized carbons (Fsp3) is 0.300. The van der Waals surface area contributed by atoms with Crippen LogP contribution in [0, 0.1) is 0 Å². The highest BCUT2D eigenvalue weighted by Gasteiger charge is 2.22. The number of nitrogens with one attached hydrogen (secondary N) is 1. The van der Waals surface area contributed by atoms with E-state index < -0.39 is 0 Å². The summed E-state index contributed by atoms with van der Waals surface area (Å²) in [7, 11) is 0. The standard InChI is InChI=1S/C20H20N4O3S/c25-20(18-3-1-10-28-18)24-7-2-6-23(8-9-24)19-12-15(21-22-19)14-4-5-16-17(11-14)27-13-26-16/h1,3-5,10-12H,2,6-9,13H2,(H,21,22). The summed E-state index contributed by atoms with van der Waals surface area (Å²) in [5, 5.41) is 9.56. The predicted molar refractivity (Wildman–Crippen MR) is 107 cm³/mol. The molecule has 28 heavy (non-hydrogen) atoms. The van der Waals surface area contributed by atoms with Gasteiger partial charge < -0.3 is 19.3 Å². The SMILES string of the molecule is O=C(c1cccs1)N1CCCN(c2cc(-c3ccc4c(c3)OCO4)[nH]n2)CC1. The lowest BCUT2D eigenvalue weighted by Gasteiger charge is -2.21. The Kier molecular flexibility index (Phi) is 4.40. The molecule has 1 amide bonds. The van der Waals surface area contributed by atoms with Crippen molar-refractivity contribution in [3.8, 4) is 22.8 Å². The number of aromatic amines is 1. The summed E-state index contributed by atoms with van der Waals surface area (Å²) in [5.74, 6) is 2.55. The Morgan fingerprint density at radius 3 is 2.89 bits per heavy atom. The zero-order chi connectivity index (χ0) is 18.9. The number of carbonyl (C=O) groups excluding carboxylic acids is 1. The van der Waals surface area contributed by atoms with Crippen molar-refractivity contribution in [2.75, 3.05) is 37.9 Å². The lowest BCUT2D eigenvalue weighted by molar-refractivity contribution is 0.0772. The van der Waals surface area contributed by atoms with Crippen molar-refractivity contribution in [3.05, 3.63) is 46.7 Å². The smallest absolute Gasteiger partial charge is 0.263 e. The fourth-order valence-electron chi connectivity index (χ4n) is 3.59. The third-order valence-corrected chi connectivity index (χ3v) is 5.94. The van der Waals surface area contributed by atoms with Gasteiger partial charge in [0.1, 0.15) is 0 Å². The maximum absolute atomic E-state index is 12.6. The number of ether oxygens (including phenoxy) is 2. The molecule has 2 aliphatic heterocycles. The van der Waals surface area contributed by atoms with Gasteiger partial charge in [-0.3, -0.25) is 9.89 Å². The van der Waals surface area contributed by atoms with E-state index in [1.807, 2.05) is 46.7 Å². The van der Waals surface area contributed by atoms with Crippen LogP contribution in [0.1, 0.15) is 16.1 Å². The molecule has 5 rings (SSSR count). The molecule has 3 aromatic rings. The van der Waals surface area contributed by atoms with Gasteiger partial charge in [0, 0.05) is 37.8 Å². The first-order chi connectivity index (χ1) is 13.8. The molecular formula is C20H20N4O3S. The Morgan fingerprint density at radius 1 is 1.07 bits per heavy atom. The zero-order valence-corrected chi connectivity index (χ0v) is 16.1. The summed E-state index contributed by atoms with van der Waals surface area (Å²) in [6.07, 6.45) is 0.920. The molecule has 7 nitrogen and oxygen atoms in total. The Balaban J connectivity index is 1.29. The van der Waals surface area contributed by atoms with Gasteiger partial charge in [-0.15, -0.1) is 11.3 Å². The monoisotopic (exact) mass is 396 g/mol. The lowest BCUT2D eigenvalue weighted by Crippen LogP contribution is -2.34. The third kappa shape index (κ3) is 3.20. The van der Waals surface area contributed by atoms with Crippen LogP contribution in [0.5, 0.6) is 11.5 Å². The van der Waals surface area contributed by atoms with Crippen LogP contribution in [0.25, 0.3) is 11.3 Å². The molecule has 4 heterocycles. The van der Waals surface area contributed by atoms with Gasteiger partial charge in [-0.2, -0.15) is 5.10 Å². The van der Waals surface area contributed by atoms with E-state index in [4.69, 9.17) is 9.47 Å². The Labute approximate surface area is 166 Å². The van der Waals surface area contributed by atoms with E-state index in [1.165, 1.54) is 11.3 Å².